The fraction of sp³-hybridized carbons (Fsp3) is 0.320. The quantitative estimate of drug-likeness (QED) is 0.395. The number of nitrogens with zero attached hydrogens (tertiary/aromatic N) is 4. The average molecular weight is 462 g/mol. The number of carbonyl (C=O) groups excluding carboxylic acids is 1. The van der Waals surface area contributed by atoms with Crippen LogP contribution in [0.15, 0.2) is 66.0 Å². The third-order valence-electron chi connectivity index (χ3n) is 5.97. The number of aromatic amines is 1. The lowest BCUT2D eigenvalue weighted by molar-refractivity contribution is -0.127. The summed E-state index contributed by atoms with van der Waals surface area (Å²) in [7, 11) is 1.84. The predicted octanol–water partition coefficient (Wildman–Crippen LogP) is 4.36. The molecule has 2 aromatic carbocycles. The highest BCUT2D eigenvalue weighted by molar-refractivity contribution is 7.99. The number of fused-ring (bicyclic) bond motifs is 1. The first-order valence-electron chi connectivity index (χ1n) is 11.2. The lowest BCUT2D eigenvalue weighted by atomic mass is 10.1. The summed E-state index contributed by atoms with van der Waals surface area (Å²) in [4.78, 5) is 17.9. The first-order chi connectivity index (χ1) is 16.2. The maximum Gasteiger partial charge on any atom is 0.233 e. The molecule has 0 aliphatic carbocycles. The molecule has 1 aliphatic heterocycles. The Morgan fingerprint density at radius 1 is 1.18 bits per heavy atom. The first-order valence-corrected chi connectivity index (χ1v) is 12.2. The van der Waals surface area contributed by atoms with E-state index in [2.05, 4.69) is 31.9 Å². The zero-order valence-electron chi connectivity index (χ0n) is 18.6. The number of para-hydroxylation sites is 1. The van der Waals surface area contributed by atoms with Crippen molar-refractivity contribution in [3.63, 3.8) is 0 Å². The molecular formula is C25H27N5O2S. The van der Waals surface area contributed by atoms with Gasteiger partial charge >= 0.3 is 0 Å². The molecule has 8 heteroatoms. The maximum absolute atomic E-state index is 12.8. The van der Waals surface area contributed by atoms with Gasteiger partial charge in [-0.25, -0.2) is 0 Å². The average Bonchev–Trinajstić information content (AvgIpc) is 3.59. The van der Waals surface area contributed by atoms with E-state index in [1.54, 1.807) is 4.90 Å². The molecule has 1 atom stereocenters. The molecule has 2 aromatic heterocycles. The van der Waals surface area contributed by atoms with Crippen LogP contribution >= 0.6 is 11.8 Å². The molecule has 5 rings (SSSR count). The second-order valence-corrected chi connectivity index (χ2v) is 9.27. The number of H-pyrrole nitrogens is 1. The Hall–Kier alpha value is -3.10. The third kappa shape index (κ3) is 4.82. The van der Waals surface area contributed by atoms with E-state index in [1.807, 2.05) is 55.7 Å². The van der Waals surface area contributed by atoms with Crippen LogP contribution in [0.4, 0.5) is 0 Å². The number of hydrogen-bond donors (Lipinski definition) is 1. The normalized spacial score (nSPS) is 15.8. The molecule has 33 heavy (non-hydrogen) atoms. The van der Waals surface area contributed by atoms with Crippen molar-refractivity contribution >= 4 is 28.6 Å². The summed E-state index contributed by atoms with van der Waals surface area (Å²) in [5, 5.41) is 10.9. The smallest absolute Gasteiger partial charge is 0.233 e. The summed E-state index contributed by atoms with van der Waals surface area (Å²) in [6.45, 7) is 2.06. The van der Waals surface area contributed by atoms with Crippen molar-refractivity contribution in [2.75, 3.05) is 19.4 Å². The van der Waals surface area contributed by atoms with Crippen molar-refractivity contribution in [1.29, 1.82) is 0 Å². The molecule has 4 aromatic rings. The molecule has 0 bridgehead atoms. The van der Waals surface area contributed by atoms with Gasteiger partial charge in [-0.1, -0.05) is 60.3 Å². The van der Waals surface area contributed by atoms with E-state index < -0.39 is 0 Å². The highest BCUT2D eigenvalue weighted by Gasteiger charge is 2.24. The highest BCUT2D eigenvalue weighted by Crippen LogP contribution is 2.31. The number of ether oxygens (including phenoxy) is 1. The molecule has 0 spiro atoms. The van der Waals surface area contributed by atoms with Gasteiger partial charge in [0, 0.05) is 42.9 Å². The first kappa shape index (κ1) is 21.7. The Labute approximate surface area is 197 Å². The standard InChI is InChI=1S/C25H27N5O2S/c1-29(15-18-8-3-2-4-9-18)23(31)17-33-25-28-27-24(30(25)16-19-10-7-13-32-19)21-14-26-22-12-6-5-11-20(21)22/h2-6,8-9,11-12,14,19,26H,7,10,13,15-17H2,1H3. The lowest BCUT2D eigenvalue weighted by Gasteiger charge is -2.18. The molecule has 1 amide bonds. The maximum atomic E-state index is 12.8. The van der Waals surface area contributed by atoms with Crippen LogP contribution in [0, 0.1) is 0 Å². The van der Waals surface area contributed by atoms with Crippen LogP contribution < -0.4 is 0 Å². The number of thioether (sulfide) groups is 1. The number of rotatable bonds is 8. The topological polar surface area (TPSA) is 76.0 Å². The van der Waals surface area contributed by atoms with Gasteiger partial charge in [0.2, 0.25) is 5.91 Å². The number of nitrogens with one attached hydrogen (secondary N) is 1. The molecule has 170 valence electrons. The highest BCUT2D eigenvalue weighted by atomic mass is 32.2. The Kier molecular flexibility index (Phi) is 6.46. The molecule has 0 radical (unpaired) electrons. The second kappa shape index (κ2) is 9.80. The zero-order valence-corrected chi connectivity index (χ0v) is 19.4. The van der Waals surface area contributed by atoms with E-state index in [0.29, 0.717) is 18.8 Å². The van der Waals surface area contributed by atoms with E-state index in [-0.39, 0.29) is 12.0 Å². The van der Waals surface area contributed by atoms with Crippen molar-refractivity contribution in [2.45, 2.75) is 37.2 Å². The van der Waals surface area contributed by atoms with Gasteiger partial charge in [0.05, 0.1) is 18.4 Å². The fourth-order valence-corrected chi connectivity index (χ4v) is 5.08. The molecule has 1 aliphatic rings. The Balaban J connectivity index is 1.36. The minimum Gasteiger partial charge on any atom is -0.376 e. The predicted molar refractivity (Wildman–Crippen MR) is 130 cm³/mol. The van der Waals surface area contributed by atoms with E-state index in [0.717, 1.165) is 52.5 Å². The van der Waals surface area contributed by atoms with Crippen molar-refractivity contribution in [2.24, 2.45) is 0 Å². The Bertz CT molecular complexity index is 1230. The molecule has 7 nitrogen and oxygen atoms in total. The summed E-state index contributed by atoms with van der Waals surface area (Å²) in [6.07, 6.45) is 4.21. The van der Waals surface area contributed by atoms with Crippen molar-refractivity contribution in [1.82, 2.24) is 24.6 Å². The molecule has 3 heterocycles. The van der Waals surface area contributed by atoms with Gasteiger partial charge in [-0.15, -0.1) is 10.2 Å². The summed E-state index contributed by atoms with van der Waals surface area (Å²) < 4.78 is 8.01. The van der Waals surface area contributed by atoms with E-state index in [1.165, 1.54) is 11.8 Å². The molecule has 1 unspecified atom stereocenters. The van der Waals surface area contributed by atoms with Crippen LogP contribution in [0.2, 0.25) is 0 Å². The van der Waals surface area contributed by atoms with Gasteiger partial charge in [-0.3, -0.25) is 9.36 Å². The minimum absolute atomic E-state index is 0.0594. The third-order valence-corrected chi connectivity index (χ3v) is 6.92. The van der Waals surface area contributed by atoms with Crippen LogP contribution in [-0.4, -0.2) is 56.1 Å². The molecule has 0 saturated carbocycles. The van der Waals surface area contributed by atoms with Gasteiger partial charge in [0.15, 0.2) is 11.0 Å². The van der Waals surface area contributed by atoms with Gasteiger partial charge in [-0.2, -0.15) is 0 Å². The lowest BCUT2D eigenvalue weighted by Crippen LogP contribution is -2.28. The van der Waals surface area contributed by atoms with Crippen LogP contribution in [0.1, 0.15) is 18.4 Å². The van der Waals surface area contributed by atoms with Crippen LogP contribution in [0.5, 0.6) is 0 Å². The monoisotopic (exact) mass is 461 g/mol. The van der Waals surface area contributed by atoms with Gasteiger partial charge in [0.25, 0.3) is 0 Å². The van der Waals surface area contributed by atoms with Crippen molar-refractivity contribution < 1.29 is 9.53 Å². The SMILES string of the molecule is CN(Cc1ccccc1)C(=O)CSc1nnc(-c2c[nH]c3ccccc23)n1CC1CCCO1. The van der Waals surface area contributed by atoms with Crippen LogP contribution in [0.3, 0.4) is 0 Å². The molecular weight excluding hydrogens is 434 g/mol. The van der Waals surface area contributed by atoms with E-state index >= 15 is 0 Å². The van der Waals surface area contributed by atoms with Gasteiger partial charge < -0.3 is 14.6 Å². The largest absolute Gasteiger partial charge is 0.376 e. The summed E-state index contributed by atoms with van der Waals surface area (Å²) in [6, 6.07) is 18.2. The fourth-order valence-electron chi connectivity index (χ4n) is 4.19. The van der Waals surface area contributed by atoms with Crippen LogP contribution in [0.25, 0.3) is 22.3 Å². The van der Waals surface area contributed by atoms with Crippen molar-refractivity contribution in [3.8, 4) is 11.4 Å². The number of amides is 1. The Morgan fingerprint density at radius 2 is 2.00 bits per heavy atom. The second-order valence-electron chi connectivity index (χ2n) is 8.32. The number of aromatic nitrogens is 4. The van der Waals surface area contributed by atoms with E-state index in [9.17, 15) is 4.79 Å². The molecule has 1 saturated heterocycles. The summed E-state index contributed by atoms with van der Waals surface area (Å²) in [5.74, 6) is 1.17. The van der Waals surface area contributed by atoms with Gasteiger partial charge in [0.1, 0.15) is 0 Å². The van der Waals surface area contributed by atoms with Gasteiger partial charge in [-0.05, 0) is 24.5 Å². The Morgan fingerprint density at radius 3 is 2.82 bits per heavy atom. The number of hydrogen-bond acceptors (Lipinski definition) is 5. The zero-order chi connectivity index (χ0) is 22.6. The molecule has 1 N–H and O–H groups in total. The van der Waals surface area contributed by atoms with Crippen LogP contribution in [-0.2, 0) is 22.6 Å². The summed E-state index contributed by atoms with van der Waals surface area (Å²) in [5.41, 5.74) is 3.18. The summed E-state index contributed by atoms with van der Waals surface area (Å²) >= 11 is 1.43. The molecule has 1 fully saturated rings. The minimum atomic E-state index is 0.0594. The van der Waals surface area contributed by atoms with E-state index in [4.69, 9.17) is 4.74 Å². The van der Waals surface area contributed by atoms with Crippen molar-refractivity contribution in [3.05, 3.63) is 66.4 Å². The number of carbonyl (C=O) groups is 1. The number of benzene rings is 2.